The van der Waals surface area contributed by atoms with Crippen LogP contribution >= 0.6 is 15.9 Å². The second kappa shape index (κ2) is 7.52. The molecule has 29 heavy (non-hydrogen) atoms. The zero-order chi connectivity index (χ0) is 20.0. The van der Waals surface area contributed by atoms with E-state index in [2.05, 4.69) is 51.0 Å². The first kappa shape index (κ1) is 18.7. The zero-order valence-corrected chi connectivity index (χ0v) is 18.0. The fourth-order valence-corrected chi connectivity index (χ4v) is 5.10. The van der Waals surface area contributed by atoms with Gasteiger partial charge in [0.25, 0.3) is 0 Å². The lowest BCUT2D eigenvalue weighted by Crippen LogP contribution is -2.16. The number of benzene rings is 2. The predicted octanol–water partition coefficient (Wildman–Crippen LogP) is 6.84. The van der Waals surface area contributed by atoms with Crippen molar-refractivity contribution in [3.8, 4) is 0 Å². The highest BCUT2D eigenvalue weighted by Gasteiger charge is 2.25. The van der Waals surface area contributed by atoms with E-state index in [9.17, 15) is 4.39 Å². The van der Waals surface area contributed by atoms with E-state index in [0.717, 1.165) is 51.5 Å². The van der Waals surface area contributed by atoms with Crippen molar-refractivity contribution in [3.63, 3.8) is 0 Å². The zero-order valence-electron chi connectivity index (χ0n) is 16.4. The van der Waals surface area contributed by atoms with Crippen LogP contribution in [0.1, 0.15) is 48.6 Å². The van der Waals surface area contributed by atoms with E-state index in [1.54, 1.807) is 12.1 Å². The molecule has 1 aliphatic carbocycles. The average molecular weight is 452 g/mol. The first-order chi connectivity index (χ1) is 14.1. The van der Waals surface area contributed by atoms with Crippen LogP contribution < -0.4 is 0 Å². The van der Waals surface area contributed by atoms with Crippen molar-refractivity contribution < 1.29 is 4.39 Å². The quantitative estimate of drug-likeness (QED) is 0.370. The average Bonchev–Trinajstić information content (AvgIpc) is 3.14. The fraction of sp³-hybridized carbons (Fsp3) is 0.333. The summed E-state index contributed by atoms with van der Waals surface area (Å²) in [5.41, 5.74) is 5.49. The summed E-state index contributed by atoms with van der Waals surface area (Å²) < 4.78 is 14.9. The molecule has 4 aromatic rings. The van der Waals surface area contributed by atoms with Crippen LogP contribution in [0.15, 0.2) is 47.1 Å². The maximum absolute atomic E-state index is 13.8. The Hall–Kier alpha value is -2.27. The highest BCUT2D eigenvalue weighted by Crippen LogP contribution is 2.39. The van der Waals surface area contributed by atoms with Crippen LogP contribution in [-0.4, -0.2) is 15.0 Å². The summed E-state index contributed by atoms with van der Waals surface area (Å²) in [6, 6.07) is 11.1. The third kappa shape index (κ3) is 3.57. The Morgan fingerprint density at radius 3 is 2.76 bits per heavy atom. The molecule has 0 radical (unpaired) electrons. The lowest BCUT2D eigenvalue weighted by atomic mass is 9.77. The topological polar surface area (TPSA) is 41.6 Å². The van der Waals surface area contributed by atoms with Gasteiger partial charge in [-0.1, -0.05) is 15.9 Å². The van der Waals surface area contributed by atoms with Gasteiger partial charge in [0.05, 0.1) is 16.6 Å². The van der Waals surface area contributed by atoms with Gasteiger partial charge in [0.15, 0.2) is 0 Å². The molecule has 5 rings (SSSR count). The minimum Gasteiger partial charge on any atom is -0.342 e. The number of aryl methyl sites for hydroxylation is 1. The van der Waals surface area contributed by atoms with Crippen molar-refractivity contribution in [2.75, 3.05) is 0 Å². The van der Waals surface area contributed by atoms with Crippen molar-refractivity contribution in [2.24, 2.45) is 5.92 Å². The summed E-state index contributed by atoms with van der Waals surface area (Å²) in [6.07, 6.45) is 7.45. The first-order valence-electron chi connectivity index (χ1n) is 10.3. The van der Waals surface area contributed by atoms with E-state index >= 15 is 0 Å². The van der Waals surface area contributed by atoms with Crippen molar-refractivity contribution >= 4 is 37.9 Å². The molecule has 0 bridgehead atoms. The number of nitrogens with one attached hydrogen (secondary N) is 1. The van der Waals surface area contributed by atoms with E-state index in [1.807, 2.05) is 6.20 Å². The summed E-state index contributed by atoms with van der Waals surface area (Å²) in [5, 5.41) is 0.967. The summed E-state index contributed by atoms with van der Waals surface area (Å²) >= 11 is 3.59. The van der Waals surface area contributed by atoms with Crippen molar-refractivity contribution in [1.82, 2.24) is 15.0 Å². The molecule has 0 saturated heterocycles. The number of nitrogens with zero attached hydrogens (tertiary/aromatic N) is 2. The van der Waals surface area contributed by atoms with Crippen LogP contribution in [-0.2, 0) is 6.42 Å². The Bertz CT molecular complexity index is 1190. The first-order valence-corrected chi connectivity index (χ1v) is 11.1. The lowest BCUT2D eigenvalue weighted by molar-refractivity contribution is 0.322. The molecular weight excluding hydrogens is 429 g/mol. The number of aromatic amines is 1. The molecule has 2 heterocycles. The number of hydrogen-bond acceptors (Lipinski definition) is 2. The van der Waals surface area contributed by atoms with Gasteiger partial charge < -0.3 is 4.98 Å². The number of fused-ring (bicyclic) bond motifs is 2. The summed E-state index contributed by atoms with van der Waals surface area (Å²) in [5.74, 6) is 2.01. The van der Waals surface area contributed by atoms with Gasteiger partial charge in [-0.3, -0.25) is 4.98 Å². The predicted molar refractivity (Wildman–Crippen MR) is 119 cm³/mol. The minimum atomic E-state index is -0.188. The van der Waals surface area contributed by atoms with Crippen LogP contribution in [0.3, 0.4) is 0 Å². The number of halogens is 2. The smallest absolute Gasteiger partial charge is 0.123 e. The van der Waals surface area contributed by atoms with Gasteiger partial charge in [-0.15, -0.1) is 0 Å². The van der Waals surface area contributed by atoms with Crippen molar-refractivity contribution in [3.05, 3.63) is 69.8 Å². The number of H-pyrrole nitrogens is 1. The number of rotatable bonds is 3. The molecule has 148 valence electrons. The van der Waals surface area contributed by atoms with Gasteiger partial charge in [0.1, 0.15) is 11.6 Å². The normalized spacial score (nSPS) is 19.8. The molecule has 0 spiro atoms. The van der Waals surface area contributed by atoms with Crippen LogP contribution in [0, 0.1) is 18.7 Å². The van der Waals surface area contributed by atoms with Gasteiger partial charge in [0.2, 0.25) is 0 Å². The molecule has 0 atom stereocenters. The molecule has 2 aromatic heterocycles. The molecule has 1 aliphatic rings. The molecular formula is C24H23BrFN3. The summed E-state index contributed by atoms with van der Waals surface area (Å²) in [6.45, 7) is 2.10. The lowest BCUT2D eigenvalue weighted by Gasteiger charge is -2.29. The Labute approximate surface area is 177 Å². The third-order valence-corrected chi connectivity index (χ3v) is 7.26. The van der Waals surface area contributed by atoms with E-state index in [1.165, 1.54) is 30.0 Å². The molecule has 1 fully saturated rings. The van der Waals surface area contributed by atoms with E-state index < -0.39 is 0 Å². The molecule has 3 nitrogen and oxygen atoms in total. The molecule has 1 N–H and O–H groups in total. The summed E-state index contributed by atoms with van der Waals surface area (Å²) in [4.78, 5) is 12.8. The maximum atomic E-state index is 13.8. The Balaban J connectivity index is 1.31. The molecule has 2 aromatic carbocycles. The largest absolute Gasteiger partial charge is 0.342 e. The van der Waals surface area contributed by atoms with Gasteiger partial charge in [-0.05, 0) is 92.0 Å². The minimum absolute atomic E-state index is 0.188. The van der Waals surface area contributed by atoms with Crippen LogP contribution in [0.2, 0.25) is 0 Å². The van der Waals surface area contributed by atoms with Crippen molar-refractivity contribution in [1.29, 1.82) is 0 Å². The van der Waals surface area contributed by atoms with Crippen molar-refractivity contribution in [2.45, 2.75) is 44.9 Å². The maximum Gasteiger partial charge on any atom is 0.123 e. The number of aromatic nitrogens is 3. The molecule has 0 amide bonds. The standard InChI is InChI=1S/C24H23BrFN3/c1-14-20(25)7-9-22-24(14)29-23(28-22)12-15-2-4-16(5-3-15)18-10-11-27-21-8-6-17(26)13-19(18)21/h6-11,13,15-16H,2-5,12H2,1H3,(H,28,29)/t15-,16+. The highest BCUT2D eigenvalue weighted by atomic mass is 79.9. The monoisotopic (exact) mass is 451 g/mol. The fourth-order valence-electron chi connectivity index (χ4n) is 4.78. The summed E-state index contributed by atoms with van der Waals surface area (Å²) in [7, 11) is 0. The van der Waals surface area contributed by atoms with E-state index in [4.69, 9.17) is 4.98 Å². The third-order valence-electron chi connectivity index (χ3n) is 6.40. The molecule has 0 aliphatic heterocycles. The van der Waals surface area contributed by atoms with Gasteiger partial charge in [0, 0.05) is 22.5 Å². The van der Waals surface area contributed by atoms with Gasteiger partial charge in [-0.25, -0.2) is 9.37 Å². The molecule has 0 unspecified atom stereocenters. The second-order valence-electron chi connectivity index (χ2n) is 8.24. The number of hydrogen-bond donors (Lipinski definition) is 1. The number of imidazole rings is 1. The van der Waals surface area contributed by atoms with Crippen LogP contribution in [0.4, 0.5) is 4.39 Å². The molecule has 5 heteroatoms. The van der Waals surface area contributed by atoms with E-state index in [-0.39, 0.29) is 5.82 Å². The highest BCUT2D eigenvalue weighted by molar-refractivity contribution is 9.10. The second-order valence-corrected chi connectivity index (χ2v) is 9.09. The SMILES string of the molecule is Cc1c(Br)ccc2[nH]c(C[C@H]3CC[C@@H](c4ccnc5ccc(F)cc54)CC3)nc12. The Morgan fingerprint density at radius 1 is 1.10 bits per heavy atom. The Kier molecular flexibility index (Phi) is 4.86. The van der Waals surface area contributed by atoms with E-state index in [0.29, 0.717) is 11.8 Å². The van der Waals surface area contributed by atoms with Crippen LogP contribution in [0.25, 0.3) is 21.9 Å². The number of pyridine rings is 1. The van der Waals surface area contributed by atoms with Gasteiger partial charge in [-0.2, -0.15) is 0 Å². The van der Waals surface area contributed by atoms with Crippen LogP contribution in [0.5, 0.6) is 0 Å². The molecule has 1 saturated carbocycles. The van der Waals surface area contributed by atoms with Gasteiger partial charge >= 0.3 is 0 Å². The Morgan fingerprint density at radius 2 is 1.93 bits per heavy atom.